The van der Waals surface area contributed by atoms with Crippen LogP contribution >= 0.6 is 0 Å². The van der Waals surface area contributed by atoms with Gasteiger partial charge in [-0.3, -0.25) is 14.5 Å². The number of nitrogens with one attached hydrogen (secondary N) is 1. The van der Waals surface area contributed by atoms with Gasteiger partial charge in [-0.05, 0) is 144 Å². The first-order chi connectivity index (χ1) is 33.8. The first kappa shape index (κ1) is 47.6. The largest absolute Gasteiger partial charge is 0.493 e. The summed E-state index contributed by atoms with van der Waals surface area (Å²) >= 11 is 0. The fourth-order valence-corrected chi connectivity index (χ4v) is 11.0. The molecule has 1 N–H and O–H groups in total. The molecule has 356 valence electrons. The van der Waals surface area contributed by atoms with Gasteiger partial charge in [0.1, 0.15) is 0 Å². The number of methoxy groups -OCH3 is 2. The fourth-order valence-electron chi connectivity index (χ4n) is 11.0. The van der Waals surface area contributed by atoms with Crippen LogP contribution in [0.1, 0.15) is 98.1 Å². The molecule has 5 aromatic rings. The molecule has 0 radical (unpaired) electrons. The lowest BCUT2D eigenvalue weighted by Gasteiger charge is -2.33. The quantitative estimate of drug-likeness (QED) is 0.148. The Bertz CT molecular complexity index is 2700. The van der Waals surface area contributed by atoms with Crippen LogP contribution in [0.15, 0.2) is 132 Å². The maximum Gasteiger partial charge on any atom is 0.225 e. The summed E-state index contributed by atoms with van der Waals surface area (Å²) in [6, 6.07) is 40.4. The van der Waals surface area contributed by atoms with Crippen LogP contribution in [0.4, 0.5) is 5.69 Å². The van der Waals surface area contributed by atoms with Crippen molar-refractivity contribution in [1.29, 1.82) is 0 Å². The van der Waals surface area contributed by atoms with Crippen LogP contribution in [-0.4, -0.2) is 93.1 Å². The van der Waals surface area contributed by atoms with Gasteiger partial charge in [-0.15, -0.1) is 0 Å². The Morgan fingerprint density at radius 3 is 1.84 bits per heavy atom. The predicted molar refractivity (Wildman–Crippen MR) is 284 cm³/mol. The highest BCUT2D eigenvalue weighted by Crippen LogP contribution is 2.41. The number of nitrogens with zero attached hydrogens (tertiary/aromatic N) is 3. The van der Waals surface area contributed by atoms with Crippen molar-refractivity contribution in [1.82, 2.24) is 14.7 Å². The summed E-state index contributed by atoms with van der Waals surface area (Å²) in [5.74, 6) is 2.28. The number of amides is 2. The minimum atomic E-state index is -0.00338. The third kappa shape index (κ3) is 11.5. The molecule has 5 aliphatic rings. The van der Waals surface area contributed by atoms with Crippen molar-refractivity contribution < 1.29 is 19.1 Å². The standard InChI is InChI=1S/C31H32N2O3.C30H36N2O/c1-35-28-16-15-25(20-29(28)36-2)32-30(34)17-19-33-18-7-10-24(21-33)31-26-11-5-3-8-22(26)13-14-23-9-4-6-12-27(23)31;1-23(33)32-21-14-24(15-22-32)7-6-18-31-19-16-26(17-20-31)28-13-12-25-8-2-3-9-27(25)29-10-4-5-11-30(28)29/h3-6,8-9,11-16,20H,7,10,17-19,21H2,1-2H3,(H,32,34);2-5,8-13,24H,6-7,14-22H2,1H3. The number of ether oxygens (including phenoxy) is 2. The normalized spacial score (nSPS) is 17.1. The van der Waals surface area contributed by atoms with Gasteiger partial charge < -0.3 is 24.6 Å². The number of allylic oxidation sites excluding steroid dienone is 2. The Labute approximate surface area is 410 Å². The maximum absolute atomic E-state index is 12.7. The Hall–Kier alpha value is -6.48. The molecule has 3 heterocycles. The number of piperidine rings is 3. The third-order valence-electron chi connectivity index (χ3n) is 14.8. The first-order valence-corrected chi connectivity index (χ1v) is 25.2. The highest BCUT2D eigenvalue weighted by molar-refractivity contribution is 5.96. The van der Waals surface area contributed by atoms with E-state index in [9.17, 15) is 9.59 Å². The Balaban J connectivity index is 0.000000172. The second-order valence-electron chi connectivity index (χ2n) is 19.2. The van der Waals surface area contributed by atoms with Crippen molar-refractivity contribution in [2.24, 2.45) is 5.92 Å². The maximum atomic E-state index is 12.7. The number of likely N-dealkylation sites (tertiary alicyclic amines) is 3. The van der Waals surface area contributed by atoms with E-state index in [2.05, 4.69) is 136 Å². The number of benzene rings is 5. The van der Waals surface area contributed by atoms with Crippen LogP contribution in [-0.2, 0) is 9.59 Å². The van der Waals surface area contributed by atoms with Gasteiger partial charge in [0.2, 0.25) is 11.8 Å². The van der Waals surface area contributed by atoms with E-state index in [-0.39, 0.29) is 11.8 Å². The van der Waals surface area contributed by atoms with E-state index in [0.717, 1.165) is 51.5 Å². The number of rotatable bonds is 10. The SMILES string of the molecule is CC(=O)N1CCC(CCCN2CCC(=C3C=Cc4ccccc4-c4ccccc43)CC2)CC1.COc1ccc(NC(=O)CCN2CCCC(=C3c4ccccc4C=Cc4ccccc43)C2)cc1OC. The number of carbonyl (C=O) groups excluding carboxylic acids is 2. The molecule has 0 aromatic heterocycles. The number of anilines is 1. The molecule has 0 saturated carbocycles. The zero-order valence-corrected chi connectivity index (χ0v) is 40.9. The topological polar surface area (TPSA) is 74.4 Å². The van der Waals surface area contributed by atoms with Crippen molar-refractivity contribution in [2.45, 2.75) is 64.7 Å². The number of carbonyl (C=O) groups is 2. The van der Waals surface area contributed by atoms with Crippen LogP contribution in [0.25, 0.3) is 40.5 Å². The van der Waals surface area contributed by atoms with E-state index in [1.807, 2.05) is 11.0 Å². The minimum absolute atomic E-state index is 0.00338. The monoisotopic (exact) mass is 921 g/mol. The lowest BCUT2D eigenvalue weighted by Crippen LogP contribution is -2.37. The van der Waals surface area contributed by atoms with E-state index in [1.54, 1.807) is 38.8 Å². The molecular formula is C61H68N4O4. The summed E-state index contributed by atoms with van der Waals surface area (Å²) < 4.78 is 10.6. The number of hydrogen-bond acceptors (Lipinski definition) is 6. The van der Waals surface area contributed by atoms with Gasteiger partial charge in [0.05, 0.1) is 14.2 Å². The van der Waals surface area contributed by atoms with E-state index >= 15 is 0 Å². The van der Waals surface area contributed by atoms with Gasteiger partial charge in [-0.2, -0.15) is 0 Å². The summed E-state index contributed by atoms with van der Waals surface area (Å²) in [5.41, 5.74) is 17.1. The first-order valence-electron chi connectivity index (χ1n) is 25.2. The van der Waals surface area contributed by atoms with Crippen molar-refractivity contribution in [2.75, 3.05) is 71.9 Å². The molecule has 8 nitrogen and oxygen atoms in total. The molecule has 8 heteroatoms. The number of fused-ring (bicyclic) bond motifs is 5. The highest BCUT2D eigenvalue weighted by Gasteiger charge is 2.25. The van der Waals surface area contributed by atoms with Crippen LogP contribution < -0.4 is 14.8 Å². The lowest BCUT2D eigenvalue weighted by atomic mass is 9.86. The third-order valence-corrected chi connectivity index (χ3v) is 14.8. The molecule has 10 rings (SSSR count). The molecule has 0 spiro atoms. The van der Waals surface area contributed by atoms with Crippen LogP contribution in [0.3, 0.4) is 0 Å². The minimum Gasteiger partial charge on any atom is -0.493 e. The second kappa shape index (κ2) is 22.8. The Morgan fingerprint density at radius 1 is 0.594 bits per heavy atom. The van der Waals surface area contributed by atoms with Gasteiger partial charge in [0.25, 0.3) is 0 Å². The highest BCUT2D eigenvalue weighted by atomic mass is 16.5. The van der Waals surface area contributed by atoms with Gasteiger partial charge in [-0.25, -0.2) is 0 Å². The van der Waals surface area contributed by atoms with Crippen molar-refractivity contribution in [3.8, 4) is 22.6 Å². The fraction of sp³-hybridized carbons (Fsp3) is 0.344. The molecule has 5 aromatic carbocycles. The van der Waals surface area contributed by atoms with E-state index in [4.69, 9.17) is 9.47 Å². The van der Waals surface area contributed by atoms with Gasteiger partial charge >= 0.3 is 0 Å². The van der Waals surface area contributed by atoms with E-state index in [1.165, 1.54) is 119 Å². The summed E-state index contributed by atoms with van der Waals surface area (Å²) in [4.78, 5) is 31.3. The van der Waals surface area contributed by atoms with Gasteiger partial charge in [-0.1, -0.05) is 127 Å². The van der Waals surface area contributed by atoms with E-state index in [0.29, 0.717) is 23.6 Å². The van der Waals surface area contributed by atoms with E-state index < -0.39 is 0 Å². The molecule has 0 bridgehead atoms. The summed E-state index contributed by atoms with van der Waals surface area (Å²) in [7, 11) is 3.19. The van der Waals surface area contributed by atoms with Crippen LogP contribution in [0.5, 0.6) is 11.5 Å². The zero-order chi connectivity index (χ0) is 47.5. The van der Waals surface area contributed by atoms with Crippen LogP contribution in [0, 0.1) is 5.92 Å². The predicted octanol–water partition coefficient (Wildman–Crippen LogP) is 12.4. The summed E-state index contributed by atoms with van der Waals surface area (Å²) in [6.45, 7) is 9.77. The van der Waals surface area contributed by atoms with Crippen molar-refractivity contribution in [3.63, 3.8) is 0 Å². The van der Waals surface area contributed by atoms with Crippen molar-refractivity contribution in [3.05, 3.63) is 166 Å². The average molecular weight is 921 g/mol. The smallest absolute Gasteiger partial charge is 0.225 e. The zero-order valence-electron chi connectivity index (χ0n) is 40.9. The molecule has 69 heavy (non-hydrogen) atoms. The van der Waals surface area contributed by atoms with Crippen LogP contribution in [0.2, 0.25) is 0 Å². The lowest BCUT2D eigenvalue weighted by molar-refractivity contribution is -0.130. The molecule has 2 aliphatic carbocycles. The van der Waals surface area contributed by atoms with Gasteiger partial charge in [0.15, 0.2) is 11.5 Å². The van der Waals surface area contributed by atoms with Crippen molar-refractivity contribution >= 4 is 46.9 Å². The summed E-state index contributed by atoms with van der Waals surface area (Å²) in [6.07, 6.45) is 19.0. The van der Waals surface area contributed by atoms with Gasteiger partial charge in [0, 0.05) is 64.4 Å². The number of hydrogen-bond donors (Lipinski definition) is 1. The molecule has 3 aliphatic heterocycles. The summed E-state index contributed by atoms with van der Waals surface area (Å²) in [5, 5.41) is 2.99. The molecular weight excluding hydrogens is 853 g/mol. The molecule has 3 saturated heterocycles. The molecule has 3 fully saturated rings. The molecule has 2 amide bonds. The Morgan fingerprint density at radius 2 is 1.19 bits per heavy atom. The Kier molecular flexibility index (Phi) is 15.7. The molecule has 0 atom stereocenters. The average Bonchev–Trinajstić information content (AvgIpc) is 3.67. The molecule has 0 unspecified atom stereocenters. The second-order valence-corrected chi connectivity index (χ2v) is 19.2.